The van der Waals surface area contributed by atoms with Gasteiger partial charge in [-0.3, -0.25) is 0 Å². The zero-order valence-electron chi connectivity index (χ0n) is 7.67. The van der Waals surface area contributed by atoms with E-state index in [0.29, 0.717) is 0 Å². The van der Waals surface area contributed by atoms with Crippen LogP contribution >= 0.6 is 0 Å². The average Bonchev–Trinajstić information content (AvgIpc) is 2.55. The van der Waals surface area contributed by atoms with Gasteiger partial charge in [-0.05, 0) is 17.4 Å². The number of benzene rings is 1. The van der Waals surface area contributed by atoms with E-state index in [1.165, 1.54) is 5.56 Å². The van der Waals surface area contributed by atoms with Gasteiger partial charge in [0.05, 0.1) is 0 Å². The predicted octanol–water partition coefficient (Wildman–Crippen LogP) is 2.27. The van der Waals surface area contributed by atoms with Crippen LogP contribution in [0.4, 0.5) is 0 Å². The Kier molecular flexibility index (Phi) is 1.37. The van der Waals surface area contributed by atoms with Gasteiger partial charge in [0.25, 0.3) is 0 Å². The van der Waals surface area contributed by atoms with Crippen LogP contribution in [-0.4, -0.2) is 0 Å². The zero-order chi connectivity index (χ0) is 8.82. The topological polar surface area (TPSA) is 26.0 Å². The molecule has 1 aliphatic carbocycles. The summed E-state index contributed by atoms with van der Waals surface area (Å²) in [6, 6.07) is 10.4. The fourth-order valence-corrected chi connectivity index (χ4v) is 1.88. The predicted molar refractivity (Wildman–Crippen MR) is 50.7 cm³/mol. The second kappa shape index (κ2) is 2.11. The molecule has 0 aliphatic heterocycles. The highest BCUT2D eigenvalue weighted by Crippen LogP contribution is 2.60. The third-order valence-electron chi connectivity index (χ3n) is 3.09. The Morgan fingerprint density at radius 3 is 2.08 bits per heavy atom. The van der Waals surface area contributed by atoms with Gasteiger partial charge in [0, 0.05) is 5.54 Å². The van der Waals surface area contributed by atoms with E-state index < -0.39 is 0 Å². The summed E-state index contributed by atoms with van der Waals surface area (Å²) in [6.07, 6.45) is 1.10. The van der Waals surface area contributed by atoms with Crippen molar-refractivity contribution in [2.75, 3.05) is 0 Å². The van der Waals surface area contributed by atoms with Gasteiger partial charge in [-0.1, -0.05) is 44.2 Å². The van der Waals surface area contributed by atoms with Crippen molar-refractivity contribution >= 4 is 0 Å². The molecule has 1 aromatic carbocycles. The maximum Gasteiger partial charge on any atom is 0.0468 e. The molecular formula is C11H15N. The summed E-state index contributed by atoms with van der Waals surface area (Å²) in [4.78, 5) is 0. The molecule has 0 heterocycles. The number of hydrogen-bond donors (Lipinski definition) is 1. The van der Waals surface area contributed by atoms with E-state index in [1.807, 2.05) is 6.07 Å². The summed E-state index contributed by atoms with van der Waals surface area (Å²) in [7, 11) is 0. The number of rotatable bonds is 1. The van der Waals surface area contributed by atoms with Crippen molar-refractivity contribution in [3.05, 3.63) is 35.9 Å². The van der Waals surface area contributed by atoms with Gasteiger partial charge >= 0.3 is 0 Å². The molecule has 12 heavy (non-hydrogen) atoms. The molecule has 0 unspecified atom stereocenters. The quantitative estimate of drug-likeness (QED) is 0.671. The first-order chi connectivity index (χ1) is 5.56. The van der Waals surface area contributed by atoms with Crippen molar-refractivity contribution in [3.63, 3.8) is 0 Å². The second-order valence-corrected chi connectivity index (χ2v) is 4.40. The Balaban J connectivity index is 2.35. The number of nitrogens with two attached hydrogens (primary N) is 1. The Labute approximate surface area is 73.6 Å². The van der Waals surface area contributed by atoms with Crippen LogP contribution in [0.5, 0.6) is 0 Å². The summed E-state index contributed by atoms with van der Waals surface area (Å²) in [6.45, 7) is 4.44. The van der Waals surface area contributed by atoms with Crippen LogP contribution < -0.4 is 5.73 Å². The lowest BCUT2D eigenvalue weighted by Crippen LogP contribution is -2.25. The fraction of sp³-hybridized carbons (Fsp3) is 0.455. The molecule has 1 fully saturated rings. The fourth-order valence-electron chi connectivity index (χ4n) is 1.88. The van der Waals surface area contributed by atoms with E-state index in [2.05, 4.69) is 38.1 Å². The van der Waals surface area contributed by atoms with Gasteiger partial charge in [-0.2, -0.15) is 0 Å². The van der Waals surface area contributed by atoms with Crippen LogP contribution in [0, 0.1) is 5.41 Å². The van der Waals surface area contributed by atoms with Crippen molar-refractivity contribution in [1.82, 2.24) is 0 Å². The van der Waals surface area contributed by atoms with Crippen molar-refractivity contribution in [1.29, 1.82) is 0 Å². The first kappa shape index (κ1) is 7.81. The number of hydrogen-bond acceptors (Lipinski definition) is 1. The molecule has 0 radical (unpaired) electrons. The minimum atomic E-state index is -0.0612. The molecule has 0 saturated heterocycles. The molecule has 0 bridgehead atoms. The van der Waals surface area contributed by atoms with Crippen LogP contribution in [0.1, 0.15) is 25.8 Å². The first-order valence-electron chi connectivity index (χ1n) is 4.41. The van der Waals surface area contributed by atoms with E-state index in [4.69, 9.17) is 5.73 Å². The lowest BCUT2D eigenvalue weighted by atomic mass is 9.97. The standard InChI is InChI=1S/C11H15N/c1-10(2)8-11(10,12)9-6-4-3-5-7-9/h3-7H,8,12H2,1-2H3/t11-/m1/s1. The molecule has 1 atom stereocenters. The minimum Gasteiger partial charge on any atom is -0.321 e. The Morgan fingerprint density at radius 1 is 1.17 bits per heavy atom. The maximum absolute atomic E-state index is 6.25. The smallest absolute Gasteiger partial charge is 0.0468 e. The summed E-state index contributed by atoms with van der Waals surface area (Å²) < 4.78 is 0. The summed E-state index contributed by atoms with van der Waals surface area (Å²) in [5.41, 5.74) is 7.74. The molecule has 0 aromatic heterocycles. The first-order valence-corrected chi connectivity index (χ1v) is 4.41. The van der Waals surface area contributed by atoms with Crippen LogP contribution in [0.3, 0.4) is 0 Å². The molecule has 2 rings (SSSR count). The molecule has 0 amide bonds. The summed E-state index contributed by atoms with van der Waals surface area (Å²) in [5.74, 6) is 0. The van der Waals surface area contributed by atoms with E-state index in [1.54, 1.807) is 0 Å². The molecule has 1 nitrogen and oxygen atoms in total. The zero-order valence-corrected chi connectivity index (χ0v) is 7.67. The van der Waals surface area contributed by atoms with Gasteiger partial charge in [-0.25, -0.2) is 0 Å². The highest BCUT2D eigenvalue weighted by molar-refractivity contribution is 5.34. The van der Waals surface area contributed by atoms with Crippen LogP contribution in [0.25, 0.3) is 0 Å². The lowest BCUT2D eigenvalue weighted by molar-refractivity contribution is 0.510. The average molecular weight is 161 g/mol. The van der Waals surface area contributed by atoms with Crippen molar-refractivity contribution < 1.29 is 0 Å². The van der Waals surface area contributed by atoms with E-state index in [-0.39, 0.29) is 11.0 Å². The van der Waals surface area contributed by atoms with Crippen molar-refractivity contribution in [2.24, 2.45) is 11.1 Å². The molecule has 1 aromatic rings. The largest absolute Gasteiger partial charge is 0.321 e. The molecular weight excluding hydrogens is 146 g/mol. The lowest BCUT2D eigenvalue weighted by Gasteiger charge is -2.14. The van der Waals surface area contributed by atoms with E-state index >= 15 is 0 Å². The van der Waals surface area contributed by atoms with Gasteiger partial charge < -0.3 is 5.73 Å². The molecule has 64 valence electrons. The van der Waals surface area contributed by atoms with Crippen molar-refractivity contribution in [2.45, 2.75) is 25.8 Å². The molecule has 1 aliphatic rings. The van der Waals surface area contributed by atoms with Gasteiger partial charge in [0.1, 0.15) is 0 Å². The third kappa shape index (κ3) is 0.896. The molecule has 1 saturated carbocycles. The van der Waals surface area contributed by atoms with Gasteiger partial charge in [0.15, 0.2) is 0 Å². The third-order valence-corrected chi connectivity index (χ3v) is 3.09. The highest BCUT2D eigenvalue weighted by Gasteiger charge is 2.59. The normalized spacial score (nSPS) is 31.6. The molecule has 2 N–H and O–H groups in total. The monoisotopic (exact) mass is 161 g/mol. The van der Waals surface area contributed by atoms with Crippen molar-refractivity contribution in [3.8, 4) is 0 Å². The molecule has 0 spiro atoms. The maximum atomic E-state index is 6.25. The van der Waals surface area contributed by atoms with E-state index in [0.717, 1.165) is 6.42 Å². The van der Waals surface area contributed by atoms with Crippen LogP contribution in [0.15, 0.2) is 30.3 Å². The Morgan fingerprint density at radius 2 is 1.67 bits per heavy atom. The Bertz CT molecular complexity index is 289. The SMILES string of the molecule is CC1(C)C[C@@]1(N)c1ccccc1. The van der Waals surface area contributed by atoms with Gasteiger partial charge in [0.2, 0.25) is 0 Å². The minimum absolute atomic E-state index is 0.0612. The van der Waals surface area contributed by atoms with E-state index in [9.17, 15) is 0 Å². The van der Waals surface area contributed by atoms with Crippen LogP contribution in [0.2, 0.25) is 0 Å². The highest BCUT2D eigenvalue weighted by atomic mass is 14.9. The van der Waals surface area contributed by atoms with Crippen LogP contribution in [-0.2, 0) is 5.54 Å². The Hall–Kier alpha value is -0.820. The summed E-state index contributed by atoms with van der Waals surface area (Å²) >= 11 is 0. The second-order valence-electron chi connectivity index (χ2n) is 4.40. The molecule has 1 heteroatoms. The van der Waals surface area contributed by atoms with Gasteiger partial charge in [-0.15, -0.1) is 0 Å². The summed E-state index contributed by atoms with van der Waals surface area (Å²) in [5, 5.41) is 0.